The van der Waals surface area contributed by atoms with Crippen LogP contribution < -0.4 is 0 Å². The molecule has 0 saturated carbocycles. The fourth-order valence-electron chi connectivity index (χ4n) is 3.54. The lowest BCUT2D eigenvalue weighted by molar-refractivity contribution is -0.172. The number of hydrogen-bond acceptors (Lipinski definition) is 6. The minimum atomic E-state index is -0.319. The molecular formula is C16H27NO5. The largest absolute Gasteiger partial charge is 0.462 e. The van der Waals surface area contributed by atoms with Crippen molar-refractivity contribution in [3.05, 3.63) is 0 Å². The predicted molar refractivity (Wildman–Crippen MR) is 79.1 cm³/mol. The molecule has 3 aliphatic heterocycles. The van der Waals surface area contributed by atoms with Gasteiger partial charge in [-0.15, -0.1) is 0 Å². The van der Waals surface area contributed by atoms with Crippen molar-refractivity contribution in [1.29, 1.82) is 0 Å². The maximum atomic E-state index is 12.1. The molecule has 0 N–H and O–H groups in total. The SMILES string of the molecule is CC(C)(C)O[C@@H]1[C@H]2[C@@H]3C(=O)OC[C@@H]3ON2C[C@H]1OC(C)(C)C. The molecule has 3 aliphatic rings. The minimum Gasteiger partial charge on any atom is -0.462 e. The standard InChI is InChI=1S/C16H27NO5/c1-15(2,3)20-9-7-17-12(13(9)21-16(4,5)6)11-10(22-17)8-19-14(11)18/h9-13H,7-8H2,1-6H3/t9-,10+,11-,12-,13+/m1/s1. The van der Waals surface area contributed by atoms with Crippen LogP contribution in [0.5, 0.6) is 0 Å². The lowest BCUT2D eigenvalue weighted by Crippen LogP contribution is -2.47. The number of fused-ring (bicyclic) bond motifs is 3. The number of carbonyl (C=O) groups excluding carboxylic acids is 1. The molecule has 0 amide bonds. The van der Waals surface area contributed by atoms with Gasteiger partial charge in [0.2, 0.25) is 0 Å². The molecule has 0 aromatic carbocycles. The van der Waals surface area contributed by atoms with Crippen molar-refractivity contribution in [3.8, 4) is 0 Å². The van der Waals surface area contributed by atoms with Gasteiger partial charge in [0.25, 0.3) is 0 Å². The average molecular weight is 313 g/mol. The Kier molecular flexibility index (Phi) is 3.79. The van der Waals surface area contributed by atoms with E-state index in [-0.39, 0.29) is 47.4 Å². The van der Waals surface area contributed by atoms with Crippen LogP contribution in [-0.4, -0.2) is 59.7 Å². The summed E-state index contributed by atoms with van der Waals surface area (Å²) < 4.78 is 17.6. The summed E-state index contributed by atoms with van der Waals surface area (Å²) in [7, 11) is 0. The zero-order valence-electron chi connectivity index (χ0n) is 14.3. The summed E-state index contributed by atoms with van der Waals surface area (Å²) in [6.07, 6.45) is -0.516. The van der Waals surface area contributed by atoms with E-state index in [1.165, 1.54) is 0 Å². The molecule has 0 radical (unpaired) electrons. The van der Waals surface area contributed by atoms with E-state index < -0.39 is 0 Å². The van der Waals surface area contributed by atoms with Crippen LogP contribution in [0.3, 0.4) is 0 Å². The molecule has 3 heterocycles. The first-order valence-electron chi connectivity index (χ1n) is 8.01. The molecule has 0 aromatic heterocycles. The number of cyclic esters (lactones) is 1. The van der Waals surface area contributed by atoms with Crippen molar-refractivity contribution in [2.75, 3.05) is 13.2 Å². The van der Waals surface area contributed by atoms with E-state index in [0.29, 0.717) is 13.2 Å². The molecule has 3 saturated heterocycles. The van der Waals surface area contributed by atoms with Crippen molar-refractivity contribution in [2.24, 2.45) is 5.92 Å². The van der Waals surface area contributed by atoms with E-state index in [4.69, 9.17) is 19.0 Å². The monoisotopic (exact) mass is 313 g/mol. The highest BCUT2D eigenvalue weighted by Crippen LogP contribution is 2.43. The van der Waals surface area contributed by atoms with Crippen LogP contribution in [0.1, 0.15) is 41.5 Å². The summed E-state index contributed by atoms with van der Waals surface area (Å²) in [5, 5.41) is 1.88. The number of nitrogens with zero attached hydrogens (tertiary/aromatic N) is 1. The molecule has 0 aliphatic carbocycles. The summed E-state index contributed by atoms with van der Waals surface area (Å²) >= 11 is 0. The van der Waals surface area contributed by atoms with E-state index in [9.17, 15) is 4.79 Å². The third-order valence-electron chi connectivity index (χ3n) is 4.09. The highest BCUT2D eigenvalue weighted by Gasteiger charge is 2.62. The second-order valence-corrected chi connectivity index (χ2v) is 8.35. The Bertz CT molecular complexity index is 452. The average Bonchev–Trinajstić information content (AvgIpc) is 2.90. The van der Waals surface area contributed by atoms with Gasteiger partial charge in [-0.05, 0) is 41.5 Å². The van der Waals surface area contributed by atoms with Crippen LogP contribution in [0.15, 0.2) is 0 Å². The van der Waals surface area contributed by atoms with Gasteiger partial charge in [0.15, 0.2) is 0 Å². The van der Waals surface area contributed by atoms with Gasteiger partial charge in [-0.2, -0.15) is 5.06 Å². The van der Waals surface area contributed by atoms with E-state index >= 15 is 0 Å². The van der Waals surface area contributed by atoms with Crippen LogP contribution in [0.2, 0.25) is 0 Å². The third kappa shape index (κ3) is 3.02. The number of hydrogen-bond donors (Lipinski definition) is 0. The summed E-state index contributed by atoms with van der Waals surface area (Å²) in [6.45, 7) is 13.1. The smallest absolute Gasteiger partial charge is 0.313 e. The lowest BCUT2D eigenvalue weighted by atomic mass is 9.92. The van der Waals surface area contributed by atoms with Crippen LogP contribution >= 0.6 is 0 Å². The van der Waals surface area contributed by atoms with Gasteiger partial charge in [0.1, 0.15) is 30.8 Å². The Labute approximate surface area is 132 Å². The predicted octanol–water partition coefficient (Wildman–Crippen LogP) is 1.52. The molecular weight excluding hydrogens is 286 g/mol. The van der Waals surface area contributed by atoms with Crippen LogP contribution in [0.25, 0.3) is 0 Å². The van der Waals surface area contributed by atoms with Crippen molar-refractivity contribution >= 4 is 5.97 Å². The Balaban J connectivity index is 1.84. The van der Waals surface area contributed by atoms with E-state index in [1.54, 1.807) is 0 Å². The van der Waals surface area contributed by atoms with Crippen molar-refractivity contribution in [2.45, 2.75) is 77.1 Å². The van der Waals surface area contributed by atoms with Crippen LogP contribution in [-0.2, 0) is 23.8 Å². The van der Waals surface area contributed by atoms with E-state index in [2.05, 4.69) is 0 Å². The minimum absolute atomic E-state index is 0.126. The molecule has 3 rings (SSSR count). The van der Waals surface area contributed by atoms with Crippen LogP contribution in [0, 0.1) is 5.92 Å². The molecule has 0 aromatic rings. The second-order valence-electron chi connectivity index (χ2n) is 8.35. The van der Waals surface area contributed by atoms with Crippen molar-refractivity contribution < 1.29 is 23.8 Å². The Morgan fingerprint density at radius 1 is 1.09 bits per heavy atom. The topological polar surface area (TPSA) is 57.2 Å². The number of ether oxygens (including phenoxy) is 3. The van der Waals surface area contributed by atoms with Gasteiger partial charge in [0.05, 0.1) is 23.8 Å². The Morgan fingerprint density at radius 3 is 2.32 bits per heavy atom. The molecule has 6 heteroatoms. The van der Waals surface area contributed by atoms with Gasteiger partial charge in [0, 0.05) is 0 Å². The fourth-order valence-corrected chi connectivity index (χ4v) is 3.54. The third-order valence-corrected chi connectivity index (χ3v) is 4.09. The van der Waals surface area contributed by atoms with E-state index in [0.717, 1.165) is 0 Å². The highest BCUT2D eigenvalue weighted by molar-refractivity contribution is 5.76. The van der Waals surface area contributed by atoms with Gasteiger partial charge in [-0.1, -0.05) is 0 Å². The quantitative estimate of drug-likeness (QED) is 0.721. The molecule has 5 atom stereocenters. The molecule has 22 heavy (non-hydrogen) atoms. The number of esters is 1. The molecule has 126 valence electrons. The molecule has 6 nitrogen and oxygen atoms in total. The molecule has 0 spiro atoms. The van der Waals surface area contributed by atoms with Gasteiger partial charge < -0.3 is 14.2 Å². The molecule has 0 unspecified atom stereocenters. The van der Waals surface area contributed by atoms with Crippen molar-refractivity contribution in [1.82, 2.24) is 5.06 Å². The zero-order chi connectivity index (χ0) is 16.3. The van der Waals surface area contributed by atoms with Crippen LogP contribution in [0.4, 0.5) is 0 Å². The molecule has 3 fully saturated rings. The lowest BCUT2D eigenvalue weighted by Gasteiger charge is -2.34. The first-order valence-corrected chi connectivity index (χ1v) is 8.01. The summed E-state index contributed by atoms with van der Waals surface area (Å²) in [5.74, 6) is -0.461. The highest BCUT2D eigenvalue weighted by atomic mass is 16.7. The van der Waals surface area contributed by atoms with Gasteiger partial charge in [-0.3, -0.25) is 9.63 Å². The summed E-state index contributed by atoms with van der Waals surface area (Å²) in [5.41, 5.74) is -0.597. The summed E-state index contributed by atoms with van der Waals surface area (Å²) in [6, 6.07) is -0.133. The first-order chi connectivity index (χ1) is 10.1. The summed E-state index contributed by atoms with van der Waals surface area (Å²) in [4.78, 5) is 18.0. The number of hydroxylamine groups is 2. The first kappa shape index (κ1) is 16.2. The van der Waals surface area contributed by atoms with Crippen molar-refractivity contribution in [3.63, 3.8) is 0 Å². The fraction of sp³-hybridized carbons (Fsp3) is 0.938. The Hall–Kier alpha value is -0.690. The normalized spacial score (nSPS) is 39.0. The zero-order valence-corrected chi connectivity index (χ0v) is 14.3. The maximum absolute atomic E-state index is 12.1. The van der Waals surface area contributed by atoms with Gasteiger partial charge >= 0.3 is 5.97 Å². The second kappa shape index (κ2) is 5.16. The number of carbonyl (C=O) groups is 1. The maximum Gasteiger partial charge on any atom is 0.313 e. The Morgan fingerprint density at radius 2 is 1.73 bits per heavy atom. The molecule has 0 bridgehead atoms. The van der Waals surface area contributed by atoms with Gasteiger partial charge in [-0.25, -0.2) is 0 Å². The number of rotatable bonds is 2. The van der Waals surface area contributed by atoms with E-state index in [1.807, 2.05) is 46.6 Å².